The maximum absolute atomic E-state index is 12.2. The van der Waals surface area contributed by atoms with Gasteiger partial charge in [-0.2, -0.15) is 0 Å². The van der Waals surface area contributed by atoms with E-state index in [0.717, 1.165) is 51.7 Å². The molecule has 1 aromatic heterocycles. The second-order valence-corrected chi connectivity index (χ2v) is 6.37. The summed E-state index contributed by atoms with van der Waals surface area (Å²) in [6.07, 6.45) is 13.3. The summed E-state index contributed by atoms with van der Waals surface area (Å²) >= 11 is 0. The molecule has 1 unspecified atom stereocenters. The molecule has 0 radical (unpaired) electrons. The van der Waals surface area contributed by atoms with Gasteiger partial charge in [-0.1, -0.05) is 12.2 Å². The van der Waals surface area contributed by atoms with Crippen LogP contribution in [0.2, 0.25) is 0 Å². The van der Waals surface area contributed by atoms with Gasteiger partial charge in [0.2, 0.25) is 5.91 Å². The Labute approximate surface area is 132 Å². The van der Waals surface area contributed by atoms with E-state index in [-0.39, 0.29) is 11.8 Å². The van der Waals surface area contributed by atoms with E-state index in [4.69, 9.17) is 0 Å². The predicted octanol–water partition coefficient (Wildman–Crippen LogP) is 2.77. The molecule has 3 rings (SSSR count). The van der Waals surface area contributed by atoms with Gasteiger partial charge in [-0.05, 0) is 50.2 Å². The quantitative estimate of drug-likeness (QED) is 0.870. The number of allylic oxidation sites excluding steroid dienone is 2. The van der Waals surface area contributed by atoms with Gasteiger partial charge in [-0.3, -0.25) is 9.78 Å². The molecule has 1 aromatic rings. The van der Waals surface area contributed by atoms with E-state index in [1.807, 2.05) is 18.5 Å². The lowest BCUT2D eigenvalue weighted by Crippen LogP contribution is -2.40. The Bertz CT molecular complexity index is 506. The number of hydrogen-bond acceptors (Lipinski definition) is 3. The molecule has 1 saturated heterocycles. The fourth-order valence-electron chi connectivity index (χ4n) is 3.36. The molecule has 0 aromatic carbocycles. The Kier molecular flexibility index (Phi) is 5.09. The highest BCUT2D eigenvalue weighted by molar-refractivity contribution is 5.78. The van der Waals surface area contributed by atoms with Gasteiger partial charge in [0.15, 0.2) is 0 Å². The highest BCUT2D eigenvalue weighted by Gasteiger charge is 2.22. The van der Waals surface area contributed by atoms with Crippen molar-refractivity contribution in [3.8, 4) is 0 Å². The highest BCUT2D eigenvalue weighted by Crippen LogP contribution is 2.23. The van der Waals surface area contributed by atoms with Crippen LogP contribution in [0.5, 0.6) is 0 Å². The Morgan fingerprint density at radius 2 is 2.14 bits per heavy atom. The standard InChI is InChI=1S/C18H25N3O/c22-18(16-5-2-1-3-6-16)20-13-15-8-11-21(12-9-15)17-7-4-10-19-14-17/h1-2,4,7,10,14-16H,3,5-6,8-9,11-13H2,(H,20,22). The van der Waals surface area contributed by atoms with Gasteiger partial charge in [0.05, 0.1) is 11.9 Å². The Morgan fingerprint density at radius 3 is 2.82 bits per heavy atom. The van der Waals surface area contributed by atoms with Crippen LogP contribution in [-0.2, 0) is 4.79 Å². The lowest BCUT2D eigenvalue weighted by Gasteiger charge is -2.33. The summed E-state index contributed by atoms with van der Waals surface area (Å²) in [4.78, 5) is 18.7. The van der Waals surface area contributed by atoms with Crippen molar-refractivity contribution < 1.29 is 4.79 Å². The first-order chi connectivity index (χ1) is 10.8. The molecule has 4 nitrogen and oxygen atoms in total. The maximum Gasteiger partial charge on any atom is 0.223 e. The van der Waals surface area contributed by atoms with Crippen molar-refractivity contribution in [3.05, 3.63) is 36.7 Å². The van der Waals surface area contributed by atoms with Crippen molar-refractivity contribution in [2.75, 3.05) is 24.5 Å². The number of rotatable bonds is 4. The minimum Gasteiger partial charge on any atom is -0.370 e. The molecule has 1 N–H and O–H groups in total. The molecule has 1 atom stereocenters. The normalized spacial score (nSPS) is 22.5. The third-order valence-corrected chi connectivity index (χ3v) is 4.83. The van der Waals surface area contributed by atoms with Gasteiger partial charge in [-0.15, -0.1) is 0 Å². The Balaban J connectivity index is 1.40. The molecule has 2 aliphatic rings. The lowest BCUT2D eigenvalue weighted by atomic mass is 9.92. The number of nitrogens with one attached hydrogen (secondary N) is 1. The Morgan fingerprint density at radius 1 is 1.27 bits per heavy atom. The maximum atomic E-state index is 12.2. The van der Waals surface area contributed by atoms with E-state index >= 15 is 0 Å². The fraction of sp³-hybridized carbons (Fsp3) is 0.556. The van der Waals surface area contributed by atoms with E-state index < -0.39 is 0 Å². The van der Waals surface area contributed by atoms with Gasteiger partial charge in [-0.25, -0.2) is 0 Å². The Hall–Kier alpha value is -1.84. The van der Waals surface area contributed by atoms with Crippen molar-refractivity contribution in [2.45, 2.75) is 32.1 Å². The molecular formula is C18H25N3O. The minimum absolute atomic E-state index is 0.195. The summed E-state index contributed by atoms with van der Waals surface area (Å²) in [5.41, 5.74) is 1.21. The minimum atomic E-state index is 0.195. The van der Waals surface area contributed by atoms with Crippen LogP contribution in [0.4, 0.5) is 5.69 Å². The SMILES string of the molecule is O=C(NCC1CCN(c2cccnc2)CC1)C1CC=CCC1. The zero-order chi connectivity index (χ0) is 15.2. The number of amides is 1. The molecule has 1 aliphatic heterocycles. The van der Waals surface area contributed by atoms with Crippen LogP contribution in [0.1, 0.15) is 32.1 Å². The van der Waals surface area contributed by atoms with Crippen molar-refractivity contribution in [3.63, 3.8) is 0 Å². The topological polar surface area (TPSA) is 45.2 Å². The molecule has 1 aliphatic carbocycles. The van der Waals surface area contributed by atoms with E-state index in [1.54, 1.807) is 0 Å². The van der Waals surface area contributed by atoms with Crippen LogP contribution in [0.25, 0.3) is 0 Å². The van der Waals surface area contributed by atoms with Crippen molar-refractivity contribution in [1.29, 1.82) is 0 Å². The second-order valence-electron chi connectivity index (χ2n) is 6.37. The van der Waals surface area contributed by atoms with Crippen LogP contribution in [0.15, 0.2) is 36.7 Å². The monoisotopic (exact) mass is 299 g/mol. The summed E-state index contributed by atoms with van der Waals surface area (Å²) in [6.45, 7) is 2.94. The van der Waals surface area contributed by atoms with E-state index in [1.165, 1.54) is 5.69 Å². The van der Waals surface area contributed by atoms with E-state index in [2.05, 4.69) is 33.4 Å². The molecule has 0 spiro atoms. The van der Waals surface area contributed by atoms with E-state index in [0.29, 0.717) is 5.92 Å². The fourth-order valence-corrected chi connectivity index (χ4v) is 3.36. The highest BCUT2D eigenvalue weighted by atomic mass is 16.1. The number of aromatic nitrogens is 1. The predicted molar refractivity (Wildman–Crippen MR) is 88.7 cm³/mol. The third-order valence-electron chi connectivity index (χ3n) is 4.83. The second kappa shape index (κ2) is 7.43. The number of hydrogen-bond donors (Lipinski definition) is 1. The number of carbonyl (C=O) groups excluding carboxylic acids is 1. The molecule has 22 heavy (non-hydrogen) atoms. The average Bonchev–Trinajstić information content (AvgIpc) is 2.61. The summed E-state index contributed by atoms with van der Waals surface area (Å²) in [5.74, 6) is 1.05. The van der Waals surface area contributed by atoms with Crippen molar-refractivity contribution in [1.82, 2.24) is 10.3 Å². The largest absolute Gasteiger partial charge is 0.370 e. The smallest absolute Gasteiger partial charge is 0.223 e. The summed E-state index contributed by atoms with van der Waals surface area (Å²) < 4.78 is 0. The lowest BCUT2D eigenvalue weighted by molar-refractivity contribution is -0.125. The molecule has 2 heterocycles. The zero-order valence-corrected chi connectivity index (χ0v) is 13.1. The number of carbonyl (C=O) groups is 1. The summed E-state index contributed by atoms with van der Waals surface area (Å²) in [5, 5.41) is 3.17. The zero-order valence-electron chi connectivity index (χ0n) is 13.1. The third kappa shape index (κ3) is 3.87. The van der Waals surface area contributed by atoms with E-state index in [9.17, 15) is 4.79 Å². The van der Waals surface area contributed by atoms with Gasteiger partial charge in [0.1, 0.15) is 0 Å². The molecule has 118 valence electrons. The van der Waals surface area contributed by atoms with Crippen LogP contribution < -0.4 is 10.2 Å². The van der Waals surface area contributed by atoms with Gasteiger partial charge in [0, 0.05) is 31.7 Å². The van der Waals surface area contributed by atoms with Crippen molar-refractivity contribution >= 4 is 11.6 Å². The van der Waals surface area contributed by atoms with Gasteiger partial charge >= 0.3 is 0 Å². The average molecular weight is 299 g/mol. The summed E-state index contributed by atoms with van der Waals surface area (Å²) in [6, 6.07) is 4.10. The first-order valence-electron chi connectivity index (χ1n) is 8.40. The molecule has 1 fully saturated rings. The van der Waals surface area contributed by atoms with Crippen LogP contribution in [0, 0.1) is 11.8 Å². The van der Waals surface area contributed by atoms with Gasteiger partial charge < -0.3 is 10.2 Å². The molecule has 4 heteroatoms. The number of piperidine rings is 1. The number of anilines is 1. The first kappa shape index (κ1) is 15.1. The molecule has 0 bridgehead atoms. The summed E-state index contributed by atoms with van der Waals surface area (Å²) in [7, 11) is 0. The van der Waals surface area contributed by atoms with Crippen molar-refractivity contribution in [2.24, 2.45) is 11.8 Å². The first-order valence-corrected chi connectivity index (χ1v) is 8.40. The van der Waals surface area contributed by atoms with Crippen LogP contribution >= 0.6 is 0 Å². The molecular weight excluding hydrogens is 274 g/mol. The molecule has 1 amide bonds. The van der Waals surface area contributed by atoms with Gasteiger partial charge in [0.25, 0.3) is 0 Å². The van der Waals surface area contributed by atoms with Crippen LogP contribution in [0.3, 0.4) is 0 Å². The van der Waals surface area contributed by atoms with Crippen LogP contribution in [-0.4, -0.2) is 30.5 Å². The number of pyridine rings is 1. The number of nitrogens with zero attached hydrogens (tertiary/aromatic N) is 2. The molecule has 0 saturated carbocycles.